The first-order chi connectivity index (χ1) is 12.7. The molecule has 1 aliphatic rings. The molecule has 0 N–H and O–H groups in total. The van der Waals surface area contributed by atoms with Gasteiger partial charge in [0, 0.05) is 11.1 Å². The number of ether oxygens (including phenoxy) is 1. The molecular formula is C24H30F2O. The quantitative estimate of drug-likeness (QED) is 0.542. The SMILES string of the molecule is COc1ccc(F)c(-c2c(F)cc(CC(C)C)cc2[C@@H]2CCCC2(C)C)c1. The lowest BCUT2D eigenvalue weighted by molar-refractivity contribution is 0.332. The second kappa shape index (κ2) is 7.61. The first-order valence-electron chi connectivity index (χ1n) is 9.89. The highest BCUT2D eigenvalue weighted by Crippen LogP contribution is 2.52. The summed E-state index contributed by atoms with van der Waals surface area (Å²) in [6.07, 6.45) is 4.05. The van der Waals surface area contributed by atoms with Crippen molar-refractivity contribution in [2.45, 2.75) is 59.3 Å². The standard InChI is InChI=1S/C24H30F2O/c1-15(2)11-16-12-18(20-7-6-10-24(20,3)4)23(22(26)13-16)19-14-17(27-5)8-9-21(19)25/h8-9,12-15,20H,6-7,10-11H2,1-5H3/t20-/m0/s1. The van der Waals surface area contributed by atoms with Crippen molar-refractivity contribution in [3.05, 3.63) is 53.1 Å². The first-order valence-corrected chi connectivity index (χ1v) is 9.89. The number of rotatable bonds is 5. The minimum absolute atomic E-state index is 0.0764. The van der Waals surface area contributed by atoms with Crippen molar-refractivity contribution in [2.24, 2.45) is 11.3 Å². The van der Waals surface area contributed by atoms with E-state index < -0.39 is 5.82 Å². The predicted octanol–water partition coefficient (Wildman–Crippen LogP) is 7.13. The highest BCUT2D eigenvalue weighted by Gasteiger charge is 2.38. The van der Waals surface area contributed by atoms with Crippen LogP contribution in [0.25, 0.3) is 11.1 Å². The minimum atomic E-state index is -0.414. The van der Waals surface area contributed by atoms with Gasteiger partial charge in [-0.15, -0.1) is 0 Å². The third-order valence-corrected chi connectivity index (χ3v) is 5.90. The summed E-state index contributed by atoms with van der Waals surface area (Å²) in [6, 6.07) is 8.25. The molecule has 1 aliphatic carbocycles. The van der Waals surface area contributed by atoms with Crippen molar-refractivity contribution in [1.82, 2.24) is 0 Å². The summed E-state index contributed by atoms with van der Waals surface area (Å²) in [4.78, 5) is 0. The fourth-order valence-electron chi connectivity index (χ4n) is 4.56. The Balaban J connectivity index is 2.24. The molecule has 1 atom stereocenters. The van der Waals surface area contributed by atoms with Gasteiger partial charge in [-0.3, -0.25) is 0 Å². The van der Waals surface area contributed by atoms with Crippen LogP contribution in [0.3, 0.4) is 0 Å². The maximum Gasteiger partial charge on any atom is 0.131 e. The van der Waals surface area contributed by atoms with E-state index in [2.05, 4.69) is 33.8 Å². The van der Waals surface area contributed by atoms with Gasteiger partial charge in [-0.05, 0) is 71.9 Å². The molecule has 146 valence electrons. The average Bonchev–Trinajstić information content (AvgIpc) is 2.94. The van der Waals surface area contributed by atoms with Crippen molar-refractivity contribution >= 4 is 0 Å². The third kappa shape index (κ3) is 4.02. The summed E-state index contributed by atoms with van der Waals surface area (Å²) in [6.45, 7) is 8.74. The zero-order valence-corrected chi connectivity index (χ0v) is 17.0. The van der Waals surface area contributed by atoms with E-state index in [4.69, 9.17) is 4.74 Å². The molecule has 27 heavy (non-hydrogen) atoms. The summed E-state index contributed by atoms with van der Waals surface area (Å²) in [7, 11) is 1.54. The fourth-order valence-corrected chi connectivity index (χ4v) is 4.56. The van der Waals surface area contributed by atoms with Crippen LogP contribution in [-0.2, 0) is 6.42 Å². The minimum Gasteiger partial charge on any atom is -0.497 e. The number of methoxy groups -OCH3 is 1. The molecular weight excluding hydrogens is 342 g/mol. The molecule has 0 unspecified atom stereocenters. The van der Waals surface area contributed by atoms with E-state index in [1.54, 1.807) is 25.3 Å². The van der Waals surface area contributed by atoms with E-state index in [0.29, 0.717) is 22.8 Å². The molecule has 3 rings (SSSR count). The van der Waals surface area contributed by atoms with Crippen molar-refractivity contribution < 1.29 is 13.5 Å². The number of halogens is 2. The van der Waals surface area contributed by atoms with Gasteiger partial charge in [0.05, 0.1) is 7.11 Å². The molecule has 2 aromatic rings. The monoisotopic (exact) mass is 372 g/mol. The Kier molecular flexibility index (Phi) is 5.60. The van der Waals surface area contributed by atoms with Gasteiger partial charge >= 0.3 is 0 Å². The van der Waals surface area contributed by atoms with Gasteiger partial charge in [0.1, 0.15) is 17.4 Å². The maximum atomic E-state index is 15.4. The van der Waals surface area contributed by atoms with Crippen molar-refractivity contribution in [3.8, 4) is 16.9 Å². The normalized spacial score (nSPS) is 18.9. The van der Waals surface area contributed by atoms with Gasteiger partial charge in [-0.1, -0.05) is 40.2 Å². The zero-order valence-electron chi connectivity index (χ0n) is 17.0. The first kappa shape index (κ1) is 19.9. The van der Waals surface area contributed by atoms with E-state index >= 15 is 4.39 Å². The molecule has 1 saturated carbocycles. The van der Waals surface area contributed by atoms with Crippen LogP contribution in [0.2, 0.25) is 0 Å². The molecule has 3 heteroatoms. The molecule has 2 aromatic carbocycles. The Morgan fingerprint density at radius 1 is 1.11 bits per heavy atom. The van der Waals surface area contributed by atoms with Crippen molar-refractivity contribution in [2.75, 3.05) is 7.11 Å². The zero-order chi connectivity index (χ0) is 19.8. The van der Waals surface area contributed by atoms with Crippen LogP contribution in [-0.4, -0.2) is 7.11 Å². The molecule has 1 nitrogen and oxygen atoms in total. The van der Waals surface area contributed by atoms with Crippen molar-refractivity contribution in [1.29, 1.82) is 0 Å². The molecule has 1 fully saturated rings. The van der Waals surface area contributed by atoms with Crippen LogP contribution in [0.15, 0.2) is 30.3 Å². The lowest BCUT2D eigenvalue weighted by atomic mass is 9.74. The molecule has 0 heterocycles. The number of hydrogen-bond acceptors (Lipinski definition) is 1. The lowest BCUT2D eigenvalue weighted by Gasteiger charge is -2.30. The number of hydrogen-bond donors (Lipinski definition) is 0. The Morgan fingerprint density at radius 2 is 1.85 bits per heavy atom. The highest BCUT2D eigenvalue weighted by molar-refractivity contribution is 5.71. The Hall–Kier alpha value is -1.90. The molecule has 0 aromatic heterocycles. The van der Waals surface area contributed by atoms with E-state index in [1.165, 1.54) is 6.07 Å². The van der Waals surface area contributed by atoms with Crippen molar-refractivity contribution in [3.63, 3.8) is 0 Å². The summed E-state index contributed by atoms with van der Waals surface area (Å²) in [5.74, 6) is 0.447. The van der Waals surface area contributed by atoms with Gasteiger partial charge in [-0.2, -0.15) is 0 Å². The second-order valence-electron chi connectivity index (χ2n) is 8.92. The van der Waals surface area contributed by atoms with Crippen LogP contribution in [0.4, 0.5) is 8.78 Å². The average molecular weight is 372 g/mol. The van der Waals surface area contributed by atoms with Crippen LogP contribution < -0.4 is 4.74 Å². The van der Waals surface area contributed by atoms with Gasteiger partial charge in [-0.25, -0.2) is 8.78 Å². The van der Waals surface area contributed by atoms with Gasteiger partial charge in [0.2, 0.25) is 0 Å². The Morgan fingerprint density at radius 3 is 2.44 bits per heavy atom. The fraction of sp³-hybridized carbons (Fsp3) is 0.500. The summed E-state index contributed by atoms with van der Waals surface area (Å²) >= 11 is 0. The maximum absolute atomic E-state index is 15.4. The largest absolute Gasteiger partial charge is 0.497 e. The van der Waals surface area contributed by atoms with Crippen LogP contribution in [0.5, 0.6) is 5.75 Å². The van der Waals surface area contributed by atoms with Gasteiger partial charge < -0.3 is 4.74 Å². The third-order valence-electron chi connectivity index (χ3n) is 5.90. The summed E-state index contributed by atoms with van der Waals surface area (Å²) in [5, 5.41) is 0. The van der Waals surface area contributed by atoms with E-state index in [9.17, 15) is 4.39 Å². The molecule has 0 bridgehead atoms. The van der Waals surface area contributed by atoms with E-state index in [-0.39, 0.29) is 17.2 Å². The van der Waals surface area contributed by atoms with Crippen LogP contribution >= 0.6 is 0 Å². The molecule has 0 aliphatic heterocycles. The summed E-state index contributed by atoms with van der Waals surface area (Å²) < 4.78 is 35.3. The van der Waals surface area contributed by atoms with Gasteiger partial charge in [0.15, 0.2) is 0 Å². The predicted molar refractivity (Wildman–Crippen MR) is 107 cm³/mol. The molecule has 0 saturated heterocycles. The number of benzene rings is 2. The lowest BCUT2D eigenvalue weighted by Crippen LogP contribution is -2.17. The highest BCUT2D eigenvalue weighted by atomic mass is 19.1. The molecule has 0 spiro atoms. The topological polar surface area (TPSA) is 9.23 Å². The van der Waals surface area contributed by atoms with E-state index in [0.717, 1.165) is 36.8 Å². The second-order valence-corrected chi connectivity index (χ2v) is 8.92. The van der Waals surface area contributed by atoms with E-state index in [1.807, 2.05) is 0 Å². The van der Waals surface area contributed by atoms with Gasteiger partial charge in [0.25, 0.3) is 0 Å². The summed E-state index contributed by atoms with van der Waals surface area (Å²) in [5.41, 5.74) is 2.71. The smallest absolute Gasteiger partial charge is 0.131 e. The Bertz CT molecular complexity index is 823. The Labute approximate surface area is 161 Å². The van der Waals surface area contributed by atoms with Crippen LogP contribution in [0, 0.1) is 23.0 Å². The van der Waals surface area contributed by atoms with Crippen LogP contribution in [0.1, 0.15) is 64.0 Å². The molecule has 0 amide bonds. The molecule has 0 radical (unpaired) electrons.